The van der Waals surface area contributed by atoms with Crippen LogP contribution >= 0.6 is 0 Å². The summed E-state index contributed by atoms with van der Waals surface area (Å²) in [7, 11) is 0. The summed E-state index contributed by atoms with van der Waals surface area (Å²) in [6.45, 7) is 3.95. The number of ether oxygens (including phenoxy) is 1. The molecule has 0 radical (unpaired) electrons. The highest BCUT2D eigenvalue weighted by atomic mass is 16.6. The zero-order chi connectivity index (χ0) is 22.7. The molecule has 4 rings (SSSR count). The minimum atomic E-state index is -1.38. The highest BCUT2D eigenvalue weighted by Crippen LogP contribution is 2.29. The van der Waals surface area contributed by atoms with Gasteiger partial charge in [-0.3, -0.25) is 9.59 Å². The minimum absolute atomic E-state index is 0.253. The Morgan fingerprint density at radius 1 is 0.969 bits per heavy atom. The summed E-state index contributed by atoms with van der Waals surface area (Å²) >= 11 is 0. The highest BCUT2D eigenvalue weighted by Gasteiger charge is 2.42. The van der Waals surface area contributed by atoms with Gasteiger partial charge in [-0.05, 0) is 43.2 Å². The van der Waals surface area contributed by atoms with Crippen molar-refractivity contribution in [3.8, 4) is 0 Å². The van der Waals surface area contributed by atoms with Crippen LogP contribution in [0.4, 0.5) is 5.69 Å². The number of rotatable bonds is 5. The van der Waals surface area contributed by atoms with E-state index < -0.39 is 17.5 Å². The van der Waals surface area contributed by atoms with Crippen molar-refractivity contribution >= 4 is 23.5 Å². The molecule has 3 aromatic carbocycles. The number of cyclic esters (lactones) is 1. The number of carbonyl (C=O) groups excluding carboxylic acids is 3. The molecule has 6 nitrogen and oxygen atoms in total. The molecule has 6 heteroatoms. The van der Waals surface area contributed by atoms with Crippen molar-refractivity contribution in [2.75, 3.05) is 5.32 Å². The summed E-state index contributed by atoms with van der Waals surface area (Å²) < 4.78 is 5.50. The van der Waals surface area contributed by atoms with Crippen LogP contribution in [0, 0.1) is 6.92 Å². The Balaban J connectivity index is 1.49. The summed E-state index contributed by atoms with van der Waals surface area (Å²) in [4.78, 5) is 38.3. The van der Waals surface area contributed by atoms with Crippen LogP contribution in [0.2, 0.25) is 0 Å². The molecule has 1 heterocycles. The van der Waals surface area contributed by atoms with Crippen LogP contribution in [0.3, 0.4) is 0 Å². The third-order valence-electron chi connectivity index (χ3n) is 5.56. The van der Waals surface area contributed by atoms with Crippen molar-refractivity contribution in [1.82, 2.24) is 5.32 Å². The van der Waals surface area contributed by atoms with Gasteiger partial charge in [0.2, 0.25) is 0 Å². The number of anilines is 1. The summed E-state index contributed by atoms with van der Waals surface area (Å²) in [6, 6.07) is 21.7. The third-order valence-corrected chi connectivity index (χ3v) is 5.56. The van der Waals surface area contributed by atoms with Gasteiger partial charge in [0.1, 0.15) is 0 Å². The number of para-hydroxylation sites is 1. The molecule has 0 bridgehead atoms. The molecule has 0 spiro atoms. The van der Waals surface area contributed by atoms with Crippen LogP contribution in [0.1, 0.15) is 44.3 Å². The first-order chi connectivity index (χ1) is 15.4. The summed E-state index contributed by atoms with van der Waals surface area (Å²) in [6.07, 6.45) is 0.253. The Morgan fingerprint density at radius 2 is 1.66 bits per heavy atom. The first-order valence-corrected chi connectivity index (χ1v) is 10.4. The van der Waals surface area contributed by atoms with Crippen LogP contribution < -0.4 is 10.6 Å². The molecule has 0 aliphatic carbocycles. The molecule has 162 valence electrons. The summed E-state index contributed by atoms with van der Waals surface area (Å²) in [5.74, 6) is -1.33. The van der Waals surface area contributed by atoms with Crippen molar-refractivity contribution in [3.05, 3.63) is 101 Å². The Bertz CT molecular complexity index is 1190. The standard InChI is InChI=1S/C26H24N2O4/c1-17-11-13-18(14-12-17)16-27-23(29)21-9-5-6-10-22(21)28-25(31)26(2)15-19-7-3-4-8-20(19)24(30)32-26/h3-14H,15-16H2,1-2H3,(H,27,29)(H,28,31). The summed E-state index contributed by atoms with van der Waals surface area (Å²) in [5.41, 5.74) is 2.66. The number of hydrogen-bond acceptors (Lipinski definition) is 4. The molecule has 3 aromatic rings. The monoisotopic (exact) mass is 428 g/mol. The highest BCUT2D eigenvalue weighted by molar-refractivity contribution is 6.07. The molecule has 2 N–H and O–H groups in total. The molecule has 0 fully saturated rings. The molecule has 2 amide bonds. The molecular formula is C26H24N2O4. The largest absolute Gasteiger partial charge is 0.445 e. The van der Waals surface area contributed by atoms with Gasteiger partial charge in [0, 0.05) is 13.0 Å². The second-order valence-electron chi connectivity index (χ2n) is 8.12. The van der Waals surface area contributed by atoms with E-state index in [0.29, 0.717) is 23.4 Å². The van der Waals surface area contributed by atoms with E-state index in [1.807, 2.05) is 43.3 Å². The van der Waals surface area contributed by atoms with Gasteiger partial charge in [0.05, 0.1) is 16.8 Å². The fraction of sp³-hybridized carbons (Fsp3) is 0.192. The Kier molecular flexibility index (Phi) is 5.77. The van der Waals surface area contributed by atoms with Gasteiger partial charge < -0.3 is 15.4 Å². The molecule has 0 aromatic heterocycles. The van der Waals surface area contributed by atoms with Crippen molar-refractivity contribution in [2.45, 2.75) is 32.4 Å². The number of fused-ring (bicyclic) bond motifs is 1. The van der Waals surface area contributed by atoms with Crippen LogP contribution in [-0.4, -0.2) is 23.4 Å². The molecule has 1 atom stereocenters. The number of nitrogens with one attached hydrogen (secondary N) is 2. The lowest BCUT2D eigenvalue weighted by atomic mass is 9.89. The van der Waals surface area contributed by atoms with Gasteiger partial charge in [-0.1, -0.05) is 60.2 Å². The minimum Gasteiger partial charge on any atom is -0.445 e. The Morgan fingerprint density at radius 3 is 2.44 bits per heavy atom. The van der Waals surface area contributed by atoms with Gasteiger partial charge in [0.25, 0.3) is 11.8 Å². The van der Waals surface area contributed by atoms with E-state index in [4.69, 9.17) is 4.74 Å². The first kappa shape index (κ1) is 21.3. The molecular weight excluding hydrogens is 404 g/mol. The van der Waals surface area contributed by atoms with Crippen molar-refractivity contribution < 1.29 is 19.1 Å². The fourth-order valence-corrected chi connectivity index (χ4v) is 3.69. The fourth-order valence-electron chi connectivity index (χ4n) is 3.69. The van der Waals surface area contributed by atoms with Gasteiger partial charge in [-0.2, -0.15) is 0 Å². The van der Waals surface area contributed by atoms with Gasteiger partial charge in [-0.15, -0.1) is 0 Å². The normalized spacial score (nSPS) is 17.1. The lowest BCUT2D eigenvalue weighted by molar-refractivity contribution is -0.134. The number of esters is 1. The van der Waals surface area contributed by atoms with Gasteiger partial charge in [-0.25, -0.2) is 4.79 Å². The van der Waals surface area contributed by atoms with Crippen LogP contribution in [0.15, 0.2) is 72.8 Å². The molecule has 1 aliphatic rings. The van der Waals surface area contributed by atoms with E-state index in [1.165, 1.54) is 0 Å². The molecule has 32 heavy (non-hydrogen) atoms. The maximum atomic E-state index is 13.1. The molecule has 0 saturated carbocycles. The van der Waals surface area contributed by atoms with Crippen molar-refractivity contribution in [1.29, 1.82) is 0 Å². The molecule has 1 unspecified atom stereocenters. The third kappa shape index (κ3) is 4.39. The van der Waals surface area contributed by atoms with E-state index in [1.54, 1.807) is 43.3 Å². The van der Waals surface area contributed by atoms with E-state index in [2.05, 4.69) is 10.6 Å². The van der Waals surface area contributed by atoms with Crippen molar-refractivity contribution in [2.24, 2.45) is 0 Å². The van der Waals surface area contributed by atoms with Crippen LogP contribution in [-0.2, 0) is 22.5 Å². The van der Waals surface area contributed by atoms with E-state index >= 15 is 0 Å². The van der Waals surface area contributed by atoms with E-state index in [0.717, 1.165) is 16.7 Å². The van der Waals surface area contributed by atoms with Gasteiger partial charge >= 0.3 is 5.97 Å². The average molecular weight is 428 g/mol. The predicted molar refractivity (Wildman–Crippen MR) is 121 cm³/mol. The van der Waals surface area contributed by atoms with Gasteiger partial charge in [0.15, 0.2) is 5.60 Å². The van der Waals surface area contributed by atoms with E-state index in [-0.39, 0.29) is 12.3 Å². The number of amides is 2. The quantitative estimate of drug-likeness (QED) is 0.601. The van der Waals surface area contributed by atoms with Crippen LogP contribution in [0.5, 0.6) is 0 Å². The topological polar surface area (TPSA) is 84.5 Å². The maximum absolute atomic E-state index is 13.1. The lowest BCUT2D eigenvalue weighted by Crippen LogP contribution is -2.49. The van der Waals surface area contributed by atoms with Crippen molar-refractivity contribution in [3.63, 3.8) is 0 Å². The smallest absolute Gasteiger partial charge is 0.339 e. The lowest BCUT2D eigenvalue weighted by Gasteiger charge is -2.33. The predicted octanol–water partition coefficient (Wildman–Crippen LogP) is 4.04. The van der Waals surface area contributed by atoms with E-state index in [9.17, 15) is 14.4 Å². The number of hydrogen-bond donors (Lipinski definition) is 2. The zero-order valence-corrected chi connectivity index (χ0v) is 18.0. The zero-order valence-electron chi connectivity index (χ0n) is 18.0. The second-order valence-corrected chi connectivity index (χ2v) is 8.12. The molecule has 0 saturated heterocycles. The second kappa shape index (κ2) is 8.67. The first-order valence-electron chi connectivity index (χ1n) is 10.4. The average Bonchev–Trinajstić information content (AvgIpc) is 2.79. The Labute approximate surface area is 186 Å². The van der Waals surface area contributed by atoms with Crippen LogP contribution in [0.25, 0.3) is 0 Å². The Hall–Kier alpha value is -3.93. The molecule has 1 aliphatic heterocycles. The number of carbonyl (C=O) groups is 3. The number of aryl methyl sites for hydroxylation is 1. The SMILES string of the molecule is Cc1ccc(CNC(=O)c2ccccc2NC(=O)C2(C)Cc3ccccc3C(=O)O2)cc1. The maximum Gasteiger partial charge on any atom is 0.339 e. The summed E-state index contributed by atoms with van der Waals surface area (Å²) in [5, 5.41) is 5.66. The number of benzene rings is 3.